The monoisotopic (exact) mass is 381 g/mol. The van der Waals surface area contributed by atoms with Crippen molar-refractivity contribution in [2.45, 2.75) is 12.5 Å². The van der Waals surface area contributed by atoms with Crippen LogP contribution in [0.4, 0.5) is 0 Å². The molecule has 0 radical (unpaired) electrons. The summed E-state index contributed by atoms with van der Waals surface area (Å²) < 4.78 is 6.17. The molecule has 0 saturated carbocycles. The molecule has 0 spiro atoms. The number of benzene rings is 2. The predicted molar refractivity (Wildman–Crippen MR) is 103 cm³/mol. The van der Waals surface area contributed by atoms with Crippen molar-refractivity contribution in [2.24, 2.45) is 5.73 Å². The number of hydrogen-bond donors (Lipinski definition) is 3. The topological polar surface area (TPSA) is 124 Å². The molecule has 0 saturated heterocycles. The smallest absolute Gasteiger partial charge is 0.337 e. The molecular formula is C20H19N3O5. The highest BCUT2D eigenvalue weighted by atomic mass is 16.5. The summed E-state index contributed by atoms with van der Waals surface area (Å²) in [6.45, 7) is 0. The largest absolute Gasteiger partial charge is 0.480 e. The Bertz CT molecular complexity index is 1040. The minimum Gasteiger partial charge on any atom is -0.480 e. The van der Waals surface area contributed by atoms with Crippen molar-refractivity contribution in [1.29, 1.82) is 0 Å². The first-order valence-corrected chi connectivity index (χ1v) is 8.47. The van der Waals surface area contributed by atoms with Crippen LogP contribution >= 0.6 is 0 Å². The number of hydrogen-bond acceptors (Lipinski definition) is 5. The molecule has 144 valence electrons. The Kier molecular flexibility index (Phi) is 5.42. The second kappa shape index (κ2) is 7.93. The van der Waals surface area contributed by atoms with Gasteiger partial charge in [0.25, 0.3) is 5.91 Å². The predicted octanol–water partition coefficient (Wildman–Crippen LogP) is 1.77. The van der Waals surface area contributed by atoms with Crippen LogP contribution in [0.2, 0.25) is 0 Å². The number of fused-ring (bicyclic) bond motifs is 1. The van der Waals surface area contributed by atoms with E-state index in [1.165, 1.54) is 36.1 Å². The minimum absolute atomic E-state index is 0.131. The van der Waals surface area contributed by atoms with Gasteiger partial charge in [0.1, 0.15) is 6.04 Å². The number of carboxylic acids is 1. The SMILES string of the molecule is COC(=O)c1ccc(C(=O)Nn2cc(C[C@H](N)C(=O)O)c3ccccc32)cc1. The second-order valence-electron chi connectivity index (χ2n) is 6.20. The lowest BCUT2D eigenvalue weighted by Gasteiger charge is -2.08. The second-order valence-corrected chi connectivity index (χ2v) is 6.20. The standard InChI is InChI=1S/C20H19N3O5/c1-28-20(27)13-8-6-12(7-9-13)18(24)22-23-11-14(10-16(21)19(25)26)15-4-2-3-5-17(15)23/h2-9,11,16H,10,21H2,1H3,(H,22,24)(H,25,26)/t16-/m0/s1. The van der Waals surface area contributed by atoms with Crippen molar-refractivity contribution < 1.29 is 24.2 Å². The number of aliphatic carboxylic acids is 1. The first kappa shape index (κ1) is 19.1. The van der Waals surface area contributed by atoms with Gasteiger partial charge in [-0.15, -0.1) is 0 Å². The Morgan fingerprint density at radius 1 is 1.11 bits per heavy atom. The number of rotatable bonds is 6. The number of methoxy groups -OCH3 is 1. The van der Waals surface area contributed by atoms with Crippen LogP contribution in [0.15, 0.2) is 54.7 Å². The molecule has 0 aliphatic carbocycles. The van der Waals surface area contributed by atoms with Crippen molar-refractivity contribution >= 4 is 28.7 Å². The zero-order valence-electron chi connectivity index (χ0n) is 15.1. The van der Waals surface area contributed by atoms with Gasteiger partial charge in [-0.05, 0) is 35.9 Å². The number of esters is 1. The maximum atomic E-state index is 12.6. The van der Waals surface area contributed by atoms with Crippen molar-refractivity contribution in [3.05, 3.63) is 71.4 Å². The van der Waals surface area contributed by atoms with Crippen molar-refractivity contribution in [2.75, 3.05) is 12.5 Å². The molecule has 1 atom stereocenters. The average Bonchev–Trinajstić information content (AvgIpc) is 3.04. The van der Waals surface area contributed by atoms with E-state index in [1.54, 1.807) is 6.20 Å². The summed E-state index contributed by atoms with van der Waals surface area (Å²) in [5, 5.41) is 9.87. The van der Waals surface area contributed by atoms with Gasteiger partial charge in [0.05, 0.1) is 18.2 Å². The number of aromatic nitrogens is 1. The summed E-state index contributed by atoms with van der Waals surface area (Å²) in [5.74, 6) is -1.96. The zero-order valence-corrected chi connectivity index (χ0v) is 15.1. The van der Waals surface area contributed by atoms with Gasteiger partial charge in [-0.2, -0.15) is 0 Å². The molecule has 0 aliphatic heterocycles. The number of ether oxygens (including phenoxy) is 1. The van der Waals surface area contributed by atoms with Crippen LogP contribution in [0.5, 0.6) is 0 Å². The zero-order chi connectivity index (χ0) is 20.3. The lowest BCUT2D eigenvalue weighted by Crippen LogP contribution is -2.32. The fourth-order valence-corrected chi connectivity index (χ4v) is 2.88. The minimum atomic E-state index is -1.09. The Morgan fingerprint density at radius 2 is 1.75 bits per heavy atom. The fourth-order valence-electron chi connectivity index (χ4n) is 2.88. The summed E-state index contributed by atoms with van der Waals surface area (Å²) in [6, 6.07) is 12.3. The van der Waals surface area contributed by atoms with E-state index < -0.39 is 18.0 Å². The molecule has 0 fully saturated rings. The van der Waals surface area contributed by atoms with E-state index in [4.69, 9.17) is 10.8 Å². The number of nitrogens with two attached hydrogens (primary N) is 1. The Morgan fingerprint density at radius 3 is 2.39 bits per heavy atom. The average molecular weight is 381 g/mol. The Labute approximate surface area is 160 Å². The maximum Gasteiger partial charge on any atom is 0.337 e. The third-order valence-electron chi connectivity index (χ3n) is 4.34. The number of amides is 1. The lowest BCUT2D eigenvalue weighted by molar-refractivity contribution is -0.138. The highest BCUT2D eigenvalue weighted by molar-refractivity contribution is 6.02. The van der Waals surface area contributed by atoms with Crippen molar-refractivity contribution in [1.82, 2.24) is 4.68 Å². The molecule has 28 heavy (non-hydrogen) atoms. The van der Waals surface area contributed by atoms with Crippen molar-refractivity contribution in [3.63, 3.8) is 0 Å². The molecule has 8 heteroatoms. The van der Waals surface area contributed by atoms with Crippen LogP contribution in [-0.2, 0) is 16.0 Å². The van der Waals surface area contributed by atoms with Gasteiger partial charge in [0.2, 0.25) is 0 Å². The van der Waals surface area contributed by atoms with Gasteiger partial charge >= 0.3 is 11.9 Å². The van der Waals surface area contributed by atoms with E-state index in [2.05, 4.69) is 10.2 Å². The van der Waals surface area contributed by atoms with Crippen LogP contribution in [0.3, 0.4) is 0 Å². The van der Waals surface area contributed by atoms with E-state index in [1.807, 2.05) is 24.3 Å². The molecular weight excluding hydrogens is 362 g/mol. The van der Waals surface area contributed by atoms with Gasteiger partial charge in [0, 0.05) is 23.6 Å². The molecule has 0 unspecified atom stereocenters. The van der Waals surface area contributed by atoms with Crippen LogP contribution in [0.1, 0.15) is 26.3 Å². The van der Waals surface area contributed by atoms with Gasteiger partial charge < -0.3 is 15.6 Å². The molecule has 2 aromatic carbocycles. The molecule has 1 amide bonds. The van der Waals surface area contributed by atoms with Gasteiger partial charge in [-0.25, -0.2) is 4.79 Å². The normalized spacial score (nSPS) is 11.8. The number of carboxylic acid groups (broad SMARTS) is 1. The third kappa shape index (κ3) is 3.86. The molecule has 0 aliphatic rings. The number of para-hydroxylation sites is 1. The van der Waals surface area contributed by atoms with E-state index in [-0.39, 0.29) is 12.3 Å². The van der Waals surface area contributed by atoms with E-state index in [0.717, 1.165) is 10.9 Å². The Hall–Kier alpha value is -3.65. The van der Waals surface area contributed by atoms with E-state index >= 15 is 0 Å². The van der Waals surface area contributed by atoms with Crippen LogP contribution in [0, 0.1) is 0 Å². The van der Waals surface area contributed by atoms with Crippen molar-refractivity contribution in [3.8, 4) is 0 Å². The fraction of sp³-hybridized carbons (Fsp3) is 0.150. The highest BCUT2D eigenvalue weighted by Gasteiger charge is 2.17. The summed E-state index contributed by atoms with van der Waals surface area (Å²) in [5.41, 5.74) is 10.5. The quantitative estimate of drug-likeness (QED) is 0.559. The number of nitrogens with zero attached hydrogens (tertiary/aromatic N) is 1. The summed E-state index contributed by atoms with van der Waals surface area (Å²) >= 11 is 0. The molecule has 3 rings (SSSR count). The molecule has 3 aromatic rings. The first-order chi connectivity index (χ1) is 13.4. The van der Waals surface area contributed by atoms with Crippen LogP contribution in [-0.4, -0.2) is 40.8 Å². The summed E-state index contributed by atoms with van der Waals surface area (Å²) in [7, 11) is 1.29. The first-order valence-electron chi connectivity index (χ1n) is 8.47. The van der Waals surface area contributed by atoms with Crippen LogP contribution in [0.25, 0.3) is 10.9 Å². The third-order valence-corrected chi connectivity index (χ3v) is 4.34. The van der Waals surface area contributed by atoms with Gasteiger partial charge in [-0.3, -0.25) is 19.7 Å². The number of nitrogens with one attached hydrogen (secondary N) is 1. The van der Waals surface area contributed by atoms with E-state index in [9.17, 15) is 14.4 Å². The summed E-state index contributed by atoms with van der Waals surface area (Å²) in [4.78, 5) is 35.1. The van der Waals surface area contributed by atoms with Gasteiger partial charge in [0.15, 0.2) is 0 Å². The summed E-state index contributed by atoms with van der Waals surface area (Å²) in [6.07, 6.45) is 1.79. The Balaban J connectivity index is 1.86. The number of carbonyl (C=O) groups is 3. The molecule has 0 bridgehead atoms. The highest BCUT2D eigenvalue weighted by Crippen LogP contribution is 2.22. The number of carbonyl (C=O) groups excluding carboxylic acids is 2. The molecule has 1 aromatic heterocycles. The van der Waals surface area contributed by atoms with E-state index in [0.29, 0.717) is 16.7 Å². The maximum absolute atomic E-state index is 12.6. The lowest BCUT2D eigenvalue weighted by atomic mass is 10.1. The van der Waals surface area contributed by atoms with Crippen LogP contribution < -0.4 is 11.2 Å². The molecule has 4 N–H and O–H groups in total. The molecule has 1 heterocycles. The molecule has 8 nitrogen and oxygen atoms in total. The van der Waals surface area contributed by atoms with Gasteiger partial charge in [-0.1, -0.05) is 18.2 Å².